The van der Waals surface area contributed by atoms with E-state index in [-0.39, 0.29) is 5.91 Å². The first-order valence-electron chi connectivity index (χ1n) is 7.41. The number of hydrogen-bond acceptors (Lipinski definition) is 3. The van der Waals surface area contributed by atoms with Crippen molar-refractivity contribution in [3.8, 4) is 5.75 Å². The maximum absolute atomic E-state index is 11.7. The summed E-state index contributed by atoms with van der Waals surface area (Å²) in [7, 11) is 0. The highest BCUT2D eigenvalue weighted by atomic mass is 32.2. The van der Waals surface area contributed by atoms with E-state index in [1.165, 1.54) is 5.56 Å². The molecule has 2 rings (SSSR count). The molecular formula is C18H21NO2S. The molecule has 0 spiro atoms. The van der Waals surface area contributed by atoms with Gasteiger partial charge in [0, 0.05) is 17.9 Å². The van der Waals surface area contributed by atoms with Gasteiger partial charge in [-0.15, -0.1) is 0 Å². The van der Waals surface area contributed by atoms with Gasteiger partial charge < -0.3 is 10.1 Å². The van der Waals surface area contributed by atoms with Gasteiger partial charge in [-0.3, -0.25) is 4.79 Å². The Morgan fingerprint density at radius 2 is 1.68 bits per heavy atom. The van der Waals surface area contributed by atoms with Crippen molar-refractivity contribution < 1.29 is 9.53 Å². The summed E-state index contributed by atoms with van der Waals surface area (Å²) in [5.74, 6) is 2.69. The Bertz CT molecular complexity index is 496. The molecule has 0 atom stereocenters. The minimum atomic E-state index is 0.0808. The Hall–Kier alpha value is -1.94. The summed E-state index contributed by atoms with van der Waals surface area (Å²) in [6, 6.07) is 19.9. The molecule has 1 N–H and O–H groups in total. The van der Waals surface area contributed by atoms with Crippen LogP contribution in [-0.4, -0.2) is 24.8 Å². The molecule has 3 nitrogen and oxygen atoms in total. The molecule has 0 fully saturated rings. The number of ether oxygens (including phenoxy) is 1. The fraction of sp³-hybridized carbons (Fsp3) is 0.278. The summed E-state index contributed by atoms with van der Waals surface area (Å²) in [6.07, 6.45) is 0.544. The summed E-state index contributed by atoms with van der Waals surface area (Å²) >= 11 is 1.78. The number of carbonyl (C=O) groups is 1. The number of para-hydroxylation sites is 1. The Morgan fingerprint density at radius 1 is 1.00 bits per heavy atom. The highest BCUT2D eigenvalue weighted by Gasteiger charge is 2.01. The second-order valence-corrected chi connectivity index (χ2v) is 5.90. The molecule has 0 aliphatic heterocycles. The molecule has 116 valence electrons. The van der Waals surface area contributed by atoms with E-state index in [2.05, 4.69) is 17.4 Å². The van der Waals surface area contributed by atoms with E-state index in [4.69, 9.17) is 4.74 Å². The first-order valence-corrected chi connectivity index (χ1v) is 8.56. The molecule has 0 unspecified atom stereocenters. The van der Waals surface area contributed by atoms with Crippen molar-refractivity contribution in [1.82, 2.24) is 5.32 Å². The molecule has 0 aliphatic rings. The molecule has 2 aromatic rings. The Balaban J connectivity index is 1.49. The number of benzene rings is 2. The van der Waals surface area contributed by atoms with Crippen molar-refractivity contribution in [1.29, 1.82) is 0 Å². The lowest BCUT2D eigenvalue weighted by atomic mass is 10.2. The number of thioether (sulfide) groups is 1. The van der Waals surface area contributed by atoms with Crippen molar-refractivity contribution in [3.63, 3.8) is 0 Å². The van der Waals surface area contributed by atoms with Gasteiger partial charge in [0.05, 0.1) is 6.54 Å². The Labute approximate surface area is 136 Å². The molecule has 0 heterocycles. The van der Waals surface area contributed by atoms with Crippen LogP contribution in [0.4, 0.5) is 0 Å². The molecule has 0 bridgehead atoms. The van der Waals surface area contributed by atoms with Crippen LogP contribution in [0.1, 0.15) is 12.0 Å². The van der Waals surface area contributed by atoms with E-state index in [1.54, 1.807) is 11.8 Å². The Morgan fingerprint density at radius 3 is 2.41 bits per heavy atom. The smallest absolute Gasteiger partial charge is 0.220 e. The van der Waals surface area contributed by atoms with Crippen LogP contribution in [0.2, 0.25) is 0 Å². The molecular weight excluding hydrogens is 294 g/mol. The number of nitrogens with one attached hydrogen (secondary N) is 1. The fourth-order valence-electron chi connectivity index (χ4n) is 1.89. The lowest BCUT2D eigenvalue weighted by Crippen LogP contribution is -2.28. The summed E-state index contributed by atoms with van der Waals surface area (Å²) in [5, 5.41) is 2.87. The van der Waals surface area contributed by atoms with Crippen LogP contribution in [0.25, 0.3) is 0 Å². The lowest BCUT2D eigenvalue weighted by molar-refractivity contribution is -0.120. The number of hydrogen-bond donors (Lipinski definition) is 1. The number of rotatable bonds is 9. The molecule has 4 heteroatoms. The second-order valence-electron chi connectivity index (χ2n) is 4.80. The summed E-state index contributed by atoms with van der Waals surface area (Å²) < 4.78 is 5.52. The predicted octanol–water partition coefficient (Wildman–Crippen LogP) is 3.51. The van der Waals surface area contributed by atoms with Gasteiger partial charge in [-0.05, 0) is 17.7 Å². The van der Waals surface area contributed by atoms with Crippen LogP contribution >= 0.6 is 11.8 Å². The van der Waals surface area contributed by atoms with Crippen LogP contribution in [0, 0.1) is 0 Å². The van der Waals surface area contributed by atoms with Gasteiger partial charge in [-0.2, -0.15) is 11.8 Å². The number of carbonyl (C=O) groups excluding carboxylic acids is 1. The van der Waals surface area contributed by atoms with Crippen LogP contribution in [-0.2, 0) is 10.5 Å². The predicted molar refractivity (Wildman–Crippen MR) is 92.2 cm³/mol. The third kappa shape index (κ3) is 6.68. The van der Waals surface area contributed by atoms with Gasteiger partial charge in [-0.1, -0.05) is 48.5 Å². The van der Waals surface area contributed by atoms with Crippen molar-refractivity contribution in [2.75, 3.05) is 18.9 Å². The van der Waals surface area contributed by atoms with Crippen LogP contribution < -0.4 is 10.1 Å². The van der Waals surface area contributed by atoms with Crippen LogP contribution in [0.3, 0.4) is 0 Å². The van der Waals surface area contributed by atoms with Crippen LogP contribution in [0.5, 0.6) is 5.75 Å². The van der Waals surface area contributed by atoms with E-state index in [1.807, 2.05) is 48.5 Å². The third-order valence-electron chi connectivity index (χ3n) is 3.02. The quantitative estimate of drug-likeness (QED) is 0.720. The first-order chi connectivity index (χ1) is 10.8. The molecule has 22 heavy (non-hydrogen) atoms. The minimum Gasteiger partial charge on any atom is -0.492 e. The highest BCUT2D eigenvalue weighted by molar-refractivity contribution is 7.98. The monoisotopic (exact) mass is 315 g/mol. The van der Waals surface area contributed by atoms with Gasteiger partial charge in [-0.25, -0.2) is 0 Å². The first kappa shape index (κ1) is 16.4. The largest absolute Gasteiger partial charge is 0.492 e. The van der Waals surface area contributed by atoms with E-state index in [0.717, 1.165) is 17.3 Å². The fourth-order valence-corrected chi connectivity index (χ4v) is 2.80. The van der Waals surface area contributed by atoms with E-state index < -0.39 is 0 Å². The normalized spacial score (nSPS) is 10.2. The van der Waals surface area contributed by atoms with Gasteiger partial charge in [0.25, 0.3) is 0 Å². The molecule has 1 amide bonds. The zero-order chi connectivity index (χ0) is 15.5. The molecule has 0 aromatic heterocycles. The molecule has 0 radical (unpaired) electrons. The third-order valence-corrected chi connectivity index (χ3v) is 4.05. The van der Waals surface area contributed by atoms with Gasteiger partial charge >= 0.3 is 0 Å². The summed E-state index contributed by atoms with van der Waals surface area (Å²) in [6.45, 7) is 1.03. The Kier molecular flexibility index (Phi) is 7.39. The molecule has 0 saturated carbocycles. The molecule has 2 aromatic carbocycles. The van der Waals surface area contributed by atoms with Crippen molar-refractivity contribution in [3.05, 3.63) is 66.2 Å². The average molecular weight is 315 g/mol. The minimum absolute atomic E-state index is 0.0808. The van der Waals surface area contributed by atoms with Crippen molar-refractivity contribution in [2.45, 2.75) is 12.2 Å². The van der Waals surface area contributed by atoms with E-state index in [0.29, 0.717) is 19.6 Å². The van der Waals surface area contributed by atoms with E-state index in [9.17, 15) is 4.79 Å². The van der Waals surface area contributed by atoms with Crippen LogP contribution in [0.15, 0.2) is 60.7 Å². The second kappa shape index (κ2) is 9.90. The zero-order valence-corrected chi connectivity index (χ0v) is 13.4. The average Bonchev–Trinajstić information content (AvgIpc) is 2.57. The van der Waals surface area contributed by atoms with Crippen molar-refractivity contribution >= 4 is 17.7 Å². The standard InChI is InChI=1S/C18H21NO2S/c20-18(11-14-22-15-16-7-3-1-4-8-16)19-12-13-21-17-9-5-2-6-10-17/h1-10H,11-15H2,(H,19,20). The summed E-state index contributed by atoms with van der Waals surface area (Å²) in [5.41, 5.74) is 1.30. The maximum Gasteiger partial charge on any atom is 0.220 e. The lowest BCUT2D eigenvalue weighted by Gasteiger charge is -2.07. The van der Waals surface area contributed by atoms with Gasteiger partial charge in [0.2, 0.25) is 5.91 Å². The molecule has 0 saturated heterocycles. The van der Waals surface area contributed by atoms with E-state index >= 15 is 0 Å². The summed E-state index contributed by atoms with van der Waals surface area (Å²) in [4.78, 5) is 11.7. The highest BCUT2D eigenvalue weighted by Crippen LogP contribution is 2.12. The molecule has 0 aliphatic carbocycles. The maximum atomic E-state index is 11.7. The topological polar surface area (TPSA) is 38.3 Å². The zero-order valence-electron chi connectivity index (χ0n) is 12.5. The van der Waals surface area contributed by atoms with Crippen molar-refractivity contribution in [2.24, 2.45) is 0 Å². The SMILES string of the molecule is O=C(CCSCc1ccccc1)NCCOc1ccccc1. The number of amides is 1. The van der Waals surface area contributed by atoms with Gasteiger partial charge in [0.15, 0.2) is 0 Å². The van der Waals surface area contributed by atoms with Gasteiger partial charge in [0.1, 0.15) is 12.4 Å².